The molecule has 0 bridgehead atoms. The Balaban J connectivity index is 1.17. The average molecular weight is 822 g/mol. The van der Waals surface area contributed by atoms with Crippen LogP contribution in [0.25, 0.3) is 22.5 Å². The van der Waals surface area contributed by atoms with Gasteiger partial charge in [0.25, 0.3) is 0 Å². The van der Waals surface area contributed by atoms with Gasteiger partial charge in [-0.15, -0.1) is 0 Å². The van der Waals surface area contributed by atoms with Gasteiger partial charge in [-0.05, 0) is 124 Å². The first-order valence-electron chi connectivity index (χ1n) is 19.7. The number of aromatic amines is 2. The van der Waals surface area contributed by atoms with Crippen molar-refractivity contribution in [1.29, 1.82) is 0 Å². The third kappa shape index (κ3) is 12.0. The quantitative estimate of drug-likeness (QED) is 0.0758. The third-order valence-electron chi connectivity index (χ3n) is 10.2. The number of aromatic nitrogens is 3. The van der Waals surface area contributed by atoms with Gasteiger partial charge in [0.2, 0.25) is 21.8 Å². The summed E-state index contributed by atoms with van der Waals surface area (Å²) in [4.78, 5) is 54.3. The molecular weight excluding hydrogens is 771 g/mol. The molecule has 1 saturated carbocycles. The number of carbonyl (C=O) groups excluding carboxylic acids is 3. The minimum Gasteiger partial charge on any atom is -0.444 e. The Hall–Kier alpha value is -6.06. The van der Waals surface area contributed by atoms with Crippen LogP contribution in [0, 0.1) is 18.8 Å². The highest BCUT2D eigenvalue weighted by molar-refractivity contribution is 7.89. The van der Waals surface area contributed by atoms with E-state index in [0.717, 1.165) is 40.7 Å². The van der Waals surface area contributed by atoms with Gasteiger partial charge in [-0.2, -0.15) is 5.10 Å². The number of alkyl carbamates (subject to hydrolysis) is 1. The predicted molar refractivity (Wildman–Crippen MR) is 226 cm³/mol. The molecule has 6 rings (SSSR count). The van der Waals surface area contributed by atoms with Gasteiger partial charge in [-0.3, -0.25) is 14.6 Å². The number of carbonyl (C=O) groups is 3. The number of benzene rings is 4. The summed E-state index contributed by atoms with van der Waals surface area (Å²) in [7, 11) is -3.83. The lowest BCUT2D eigenvalue weighted by Crippen LogP contribution is -2.48. The van der Waals surface area contributed by atoms with E-state index in [1.807, 2.05) is 82.3 Å². The second-order valence-electron chi connectivity index (χ2n) is 15.9. The summed E-state index contributed by atoms with van der Waals surface area (Å²) in [6, 6.07) is 27.6. The maximum atomic E-state index is 14.0. The monoisotopic (exact) mass is 821 g/mol. The van der Waals surface area contributed by atoms with Gasteiger partial charge in [-0.1, -0.05) is 60.7 Å². The fraction of sp³-hybridized carbons (Fsp3) is 0.341. The highest BCUT2D eigenvalue weighted by atomic mass is 32.2. The molecule has 0 spiro atoms. The largest absolute Gasteiger partial charge is 0.444 e. The predicted octanol–water partition coefficient (Wildman–Crippen LogP) is 6.22. The van der Waals surface area contributed by atoms with Gasteiger partial charge in [0, 0.05) is 36.7 Å². The van der Waals surface area contributed by atoms with Crippen molar-refractivity contribution < 1.29 is 27.5 Å². The molecule has 14 nitrogen and oxygen atoms in total. The van der Waals surface area contributed by atoms with Crippen LogP contribution < -0.4 is 26.4 Å². The number of anilines is 1. The molecule has 6 N–H and O–H groups in total. The van der Waals surface area contributed by atoms with E-state index in [-0.39, 0.29) is 35.6 Å². The number of rotatable bonds is 14. The molecule has 1 heterocycles. The van der Waals surface area contributed by atoms with Crippen LogP contribution in [-0.4, -0.2) is 59.7 Å². The molecule has 4 aromatic carbocycles. The number of hydrogen-bond donors (Lipinski definition) is 6. The van der Waals surface area contributed by atoms with E-state index in [1.165, 1.54) is 0 Å². The number of hydrogen-bond acceptors (Lipinski definition) is 8. The van der Waals surface area contributed by atoms with Crippen LogP contribution in [0.2, 0.25) is 0 Å². The number of amides is 3. The van der Waals surface area contributed by atoms with Crippen molar-refractivity contribution in [3.8, 4) is 22.5 Å². The number of nitrogens with one attached hydrogen (secondary N) is 6. The SMILES string of the molecule is Cc1ccc(S(=O)(=O)NCc2ccccc2)cc1-c1cccc(C[C@H](NC(=O)C2CCC(CNC(=O)OC(C)(C)C)CC2)C(=O)Nc2ccc(-c3n[nH]c(=O)[nH]3)cc2)c1. The lowest BCUT2D eigenvalue weighted by molar-refractivity contribution is -0.130. The zero-order valence-corrected chi connectivity index (χ0v) is 34.4. The van der Waals surface area contributed by atoms with Crippen LogP contribution in [0.1, 0.15) is 63.1 Å². The summed E-state index contributed by atoms with van der Waals surface area (Å²) in [5.41, 5.74) is 4.03. The second-order valence-corrected chi connectivity index (χ2v) is 17.7. The summed E-state index contributed by atoms with van der Waals surface area (Å²) in [6.45, 7) is 7.94. The van der Waals surface area contributed by atoms with Crippen LogP contribution in [0.4, 0.5) is 10.5 Å². The molecule has 15 heteroatoms. The van der Waals surface area contributed by atoms with E-state index in [4.69, 9.17) is 4.74 Å². The van der Waals surface area contributed by atoms with E-state index < -0.39 is 39.4 Å². The molecule has 0 radical (unpaired) electrons. The zero-order valence-electron chi connectivity index (χ0n) is 33.6. The topological polar surface area (TPSA) is 204 Å². The lowest BCUT2D eigenvalue weighted by atomic mass is 9.81. The zero-order chi connectivity index (χ0) is 42.2. The minimum atomic E-state index is -3.83. The molecule has 59 heavy (non-hydrogen) atoms. The Bertz CT molecular complexity index is 2420. The molecule has 0 aliphatic heterocycles. The van der Waals surface area contributed by atoms with Crippen molar-refractivity contribution in [2.24, 2.45) is 11.8 Å². The molecule has 310 valence electrons. The Morgan fingerprint density at radius 1 is 0.864 bits per heavy atom. The highest BCUT2D eigenvalue weighted by Crippen LogP contribution is 2.30. The van der Waals surface area contributed by atoms with Crippen molar-refractivity contribution in [2.75, 3.05) is 11.9 Å². The van der Waals surface area contributed by atoms with Gasteiger partial charge < -0.3 is 20.7 Å². The number of nitrogens with zero attached hydrogens (tertiary/aromatic N) is 1. The summed E-state index contributed by atoms with van der Waals surface area (Å²) in [6.07, 6.45) is 2.36. The van der Waals surface area contributed by atoms with E-state index in [2.05, 4.69) is 35.9 Å². The first-order valence-corrected chi connectivity index (χ1v) is 21.2. The maximum Gasteiger partial charge on any atom is 0.407 e. The smallest absolute Gasteiger partial charge is 0.407 e. The number of ether oxygens (including phenoxy) is 1. The molecule has 1 aliphatic rings. The van der Waals surface area contributed by atoms with E-state index >= 15 is 0 Å². The third-order valence-corrected chi connectivity index (χ3v) is 11.6. The Labute approximate surface area is 344 Å². The Morgan fingerprint density at radius 2 is 1.58 bits per heavy atom. The first kappa shape index (κ1) is 42.5. The Kier molecular flexibility index (Phi) is 13.5. The van der Waals surface area contributed by atoms with E-state index in [1.54, 1.807) is 42.5 Å². The molecule has 1 aliphatic carbocycles. The van der Waals surface area contributed by atoms with E-state index in [9.17, 15) is 27.6 Å². The molecule has 3 amide bonds. The van der Waals surface area contributed by atoms with Crippen LogP contribution in [0.3, 0.4) is 0 Å². The summed E-state index contributed by atoms with van der Waals surface area (Å²) < 4.78 is 34.7. The van der Waals surface area contributed by atoms with Crippen LogP contribution >= 0.6 is 0 Å². The number of H-pyrrole nitrogens is 2. The molecule has 1 fully saturated rings. The van der Waals surface area contributed by atoms with Crippen molar-refractivity contribution in [3.63, 3.8) is 0 Å². The summed E-state index contributed by atoms with van der Waals surface area (Å²) >= 11 is 0. The van der Waals surface area contributed by atoms with Gasteiger partial charge in [0.05, 0.1) is 4.90 Å². The standard InChI is InChI=1S/C44H51N7O7S/c1-28-13-22-36(59(56,57)46-27-29-9-6-5-7-10-29)25-37(28)34-12-8-11-31(23-34)24-38(41(53)47-35-20-18-32(19-21-35)39-49-42(54)51-50-39)48-40(52)33-16-14-30(15-17-33)26-45-43(55)58-44(2,3)4/h5-13,18-23,25,30,33,38,46H,14-17,24,26-27H2,1-4H3,(H,45,55)(H,47,53)(H,48,52)(H2,49,50,51,54)/t30?,33?,38-/m0/s1. The van der Waals surface area contributed by atoms with Crippen LogP contribution in [0.15, 0.2) is 107 Å². The van der Waals surface area contributed by atoms with Gasteiger partial charge >= 0.3 is 11.8 Å². The van der Waals surface area contributed by atoms with Crippen molar-refractivity contribution in [2.45, 2.75) is 82.9 Å². The summed E-state index contributed by atoms with van der Waals surface area (Å²) in [5.74, 6) is -0.405. The molecule has 1 atom stereocenters. The Morgan fingerprint density at radius 3 is 2.25 bits per heavy atom. The fourth-order valence-corrected chi connectivity index (χ4v) is 8.10. The van der Waals surface area contributed by atoms with Crippen molar-refractivity contribution >= 4 is 33.6 Å². The number of sulfonamides is 1. The van der Waals surface area contributed by atoms with Crippen molar-refractivity contribution in [1.82, 2.24) is 30.5 Å². The fourth-order valence-electron chi connectivity index (χ4n) is 7.06. The molecule has 0 saturated heterocycles. The summed E-state index contributed by atoms with van der Waals surface area (Å²) in [5, 5.41) is 15.1. The average Bonchev–Trinajstić information content (AvgIpc) is 3.65. The highest BCUT2D eigenvalue weighted by Gasteiger charge is 2.30. The molecule has 5 aromatic rings. The second kappa shape index (κ2) is 18.7. The lowest BCUT2D eigenvalue weighted by Gasteiger charge is -2.29. The van der Waals surface area contributed by atoms with Crippen LogP contribution in [-0.2, 0) is 37.3 Å². The van der Waals surface area contributed by atoms with Crippen molar-refractivity contribution in [3.05, 3.63) is 124 Å². The molecule has 0 unspecified atom stereocenters. The normalized spacial score (nSPS) is 16.1. The van der Waals surface area contributed by atoms with E-state index in [0.29, 0.717) is 36.5 Å². The van der Waals surface area contributed by atoms with Crippen LogP contribution in [0.5, 0.6) is 0 Å². The molecular formula is C44H51N7O7S. The maximum absolute atomic E-state index is 14.0. The van der Waals surface area contributed by atoms with Gasteiger partial charge in [-0.25, -0.2) is 27.8 Å². The first-order chi connectivity index (χ1) is 28.1. The molecule has 1 aromatic heterocycles. The minimum absolute atomic E-state index is 0.129. The van der Waals surface area contributed by atoms with Gasteiger partial charge in [0.15, 0.2) is 5.82 Å². The number of aryl methyl sites for hydroxylation is 1. The van der Waals surface area contributed by atoms with Gasteiger partial charge in [0.1, 0.15) is 11.6 Å².